The van der Waals surface area contributed by atoms with E-state index in [0.717, 1.165) is 64.2 Å². The Hall–Kier alpha value is -1.02. The van der Waals surface area contributed by atoms with Crippen LogP contribution in [-0.2, 0) is 41.8 Å². The Morgan fingerprint density at radius 2 is 0.800 bits per heavy atom. The van der Waals surface area contributed by atoms with Crippen molar-refractivity contribution in [2.24, 2.45) is 0 Å². The van der Waals surface area contributed by atoms with Crippen molar-refractivity contribution in [2.45, 2.75) is 113 Å². The fourth-order valence-electron chi connectivity index (χ4n) is 7.71. The predicted octanol–water partition coefficient (Wildman–Crippen LogP) is 13.5. The Balaban J connectivity index is 0.00000104. The summed E-state index contributed by atoms with van der Waals surface area (Å²) in [7, 11) is -3.56. The van der Waals surface area contributed by atoms with Crippen molar-refractivity contribution in [1.82, 2.24) is 0 Å². The van der Waals surface area contributed by atoms with Crippen molar-refractivity contribution in [1.29, 1.82) is 0 Å². The van der Waals surface area contributed by atoms with E-state index >= 15 is 0 Å². The van der Waals surface area contributed by atoms with Crippen LogP contribution >= 0.6 is 15.8 Å². The zero-order chi connectivity index (χ0) is 39.5. The predicted molar refractivity (Wildman–Crippen MR) is 190 cm³/mol. The van der Waals surface area contributed by atoms with E-state index in [9.17, 15) is 52.7 Å². The molecule has 0 N–H and O–H groups in total. The minimum atomic E-state index is -5.28. The van der Waals surface area contributed by atoms with Crippen LogP contribution in [0.5, 0.6) is 0 Å². The SMILES string of the molecule is C[C@H]([C]1[CH][CH][CH][C]1P(c1cc(C(F)(F)F)cc(C(F)(F)F)c1)c1cc(C(F)(F)F)cc(C(F)(F)F)c1)P(C1CCCCC1)C1CCCCC1.[CH]1[CH][CH][CH][CH]1.[Fe+2]. The molecular weight excluding hydrogens is 826 g/mol. The van der Waals surface area contributed by atoms with Gasteiger partial charge in [0, 0.05) is 5.66 Å². The molecule has 1 atom stereocenters. The van der Waals surface area contributed by atoms with Gasteiger partial charge < -0.3 is 0 Å². The zero-order valence-corrected chi connectivity index (χ0v) is 32.6. The average molecular weight is 867 g/mol. The van der Waals surface area contributed by atoms with Gasteiger partial charge in [0.2, 0.25) is 0 Å². The second kappa shape index (κ2) is 19.4. The van der Waals surface area contributed by atoms with Gasteiger partial charge in [-0.1, -0.05) is 53.4 Å². The Kier molecular flexibility index (Phi) is 16.4. The van der Waals surface area contributed by atoms with Gasteiger partial charge in [-0.15, -0.1) is 0 Å². The molecule has 4 aliphatic carbocycles. The van der Waals surface area contributed by atoms with E-state index in [1.54, 1.807) is 12.8 Å². The molecular formula is C40H40F12FeP2+2. The van der Waals surface area contributed by atoms with Gasteiger partial charge in [-0.05, 0) is 155 Å². The molecule has 0 aromatic heterocycles. The topological polar surface area (TPSA) is 0 Å². The van der Waals surface area contributed by atoms with Gasteiger partial charge in [0.25, 0.3) is 0 Å². The van der Waals surface area contributed by atoms with E-state index in [0.29, 0.717) is 41.5 Å². The van der Waals surface area contributed by atoms with Crippen LogP contribution in [0.2, 0.25) is 0 Å². The summed E-state index contributed by atoms with van der Waals surface area (Å²) in [6.45, 7) is 1.96. The molecule has 55 heavy (non-hydrogen) atoms. The Labute approximate surface area is 329 Å². The number of alkyl halides is 12. The molecule has 0 aliphatic heterocycles. The molecule has 300 valence electrons. The van der Waals surface area contributed by atoms with Gasteiger partial charge >= 0.3 is 41.8 Å². The van der Waals surface area contributed by atoms with Gasteiger partial charge in [-0.25, -0.2) is 0 Å². The third-order valence-corrected chi connectivity index (χ3v) is 16.5. The summed E-state index contributed by atoms with van der Waals surface area (Å²) in [5, 5.41) is -1.27. The maximum atomic E-state index is 14.1. The maximum Gasteiger partial charge on any atom is 2.00 e. The number of hydrogen-bond acceptors (Lipinski definition) is 0. The number of halogens is 12. The number of benzene rings is 2. The summed E-state index contributed by atoms with van der Waals surface area (Å²) in [6.07, 6.45) is 3.73. The van der Waals surface area contributed by atoms with Crippen LogP contribution < -0.4 is 10.6 Å². The third-order valence-electron chi connectivity index (χ3n) is 10.2. The molecule has 6 rings (SSSR count). The molecule has 4 fully saturated rings. The summed E-state index contributed by atoms with van der Waals surface area (Å²) in [6, 6.07) is 1.54. The molecule has 0 amide bonds. The van der Waals surface area contributed by atoms with Crippen LogP contribution in [0.1, 0.15) is 93.4 Å². The Bertz CT molecular complexity index is 1340. The molecule has 0 nitrogen and oxygen atoms in total. The Morgan fingerprint density at radius 3 is 1.11 bits per heavy atom. The molecule has 0 unspecified atom stereocenters. The third kappa shape index (κ3) is 12.3. The summed E-state index contributed by atoms with van der Waals surface area (Å²) in [4.78, 5) is 0. The van der Waals surface area contributed by atoms with E-state index < -0.39 is 73.4 Å². The van der Waals surface area contributed by atoms with Crippen molar-refractivity contribution >= 4 is 26.5 Å². The van der Waals surface area contributed by atoms with Crippen LogP contribution in [0.4, 0.5) is 52.7 Å². The maximum absolute atomic E-state index is 14.1. The summed E-state index contributed by atoms with van der Waals surface area (Å²) in [5.74, 6) is 0.560. The zero-order valence-electron chi connectivity index (χ0n) is 29.7. The van der Waals surface area contributed by atoms with Gasteiger partial charge in [0.05, 0.1) is 22.3 Å². The molecule has 2 aromatic rings. The first kappa shape index (κ1) is 46.7. The molecule has 2 aromatic carbocycles. The van der Waals surface area contributed by atoms with Crippen LogP contribution in [0.15, 0.2) is 36.4 Å². The molecule has 0 heterocycles. The second-order valence-electron chi connectivity index (χ2n) is 13.9. The standard InChI is InChI=1S/C35H35F12P2.C5H5.Fe/c1-21(48(26-9-4-2-5-10-26)27-11-6-3-7-12-27)30-13-8-14-31(30)49(28-17-22(32(36,37)38)15-23(18-28)33(39,40)41)29-19-24(34(42,43)44)16-25(20-29)35(45,46)47;1-2-4-5-3-1;/h8,13-21,26-27H,2-7,9-12H2,1H3;1-5H;/q;;+2/t21-;;/m1../s1. The molecule has 0 bridgehead atoms. The van der Waals surface area contributed by atoms with Crippen molar-refractivity contribution in [3.63, 3.8) is 0 Å². The van der Waals surface area contributed by atoms with E-state index in [4.69, 9.17) is 0 Å². The Morgan fingerprint density at radius 1 is 0.473 bits per heavy atom. The first-order chi connectivity index (χ1) is 25.2. The number of hydrogen-bond donors (Lipinski definition) is 0. The van der Waals surface area contributed by atoms with Gasteiger partial charge in [-0.2, -0.15) is 52.7 Å². The molecule has 15 heteroatoms. The van der Waals surface area contributed by atoms with E-state index in [1.807, 2.05) is 39.0 Å². The van der Waals surface area contributed by atoms with Crippen molar-refractivity contribution in [3.05, 3.63) is 122 Å². The van der Waals surface area contributed by atoms with E-state index in [-0.39, 0.29) is 40.5 Å². The largest absolute Gasteiger partial charge is 2.00 e. The minimum Gasteiger partial charge on any atom is -0.166 e. The second-order valence-corrected chi connectivity index (χ2v) is 19.2. The van der Waals surface area contributed by atoms with Crippen LogP contribution in [0.3, 0.4) is 0 Å². The normalized spacial score (nSPS) is 20.8. The fraction of sp³-hybridized carbons (Fsp3) is 0.450. The average Bonchev–Trinajstić information content (AvgIpc) is 3.84. The summed E-state index contributed by atoms with van der Waals surface area (Å²) >= 11 is 0. The van der Waals surface area contributed by atoms with Gasteiger partial charge in [-0.3, -0.25) is 0 Å². The number of rotatable bonds is 7. The van der Waals surface area contributed by atoms with E-state index in [2.05, 4.69) is 0 Å². The first-order valence-electron chi connectivity index (χ1n) is 17.8. The van der Waals surface area contributed by atoms with Gasteiger partial charge in [0.1, 0.15) is 0 Å². The smallest absolute Gasteiger partial charge is 0.166 e. The van der Waals surface area contributed by atoms with Crippen molar-refractivity contribution in [3.8, 4) is 0 Å². The minimum absolute atomic E-state index is 0. The van der Waals surface area contributed by atoms with Crippen LogP contribution in [-0.4, -0.2) is 17.0 Å². The molecule has 10 radical (unpaired) electrons. The molecule has 4 aliphatic rings. The fourth-order valence-corrected chi connectivity index (χ4v) is 14.8. The molecule has 4 saturated carbocycles. The molecule has 0 spiro atoms. The van der Waals surface area contributed by atoms with Crippen molar-refractivity contribution in [2.75, 3.05) is 0 Å². The summed E-state index contributed by atoms with van der Waals surface area (Å²) < 4.78 is 169. The van der Waals surface area contributed by atoms with Crippen LogP contribution in [0.25, 0.3) is 0 Å². The summed E-state index contributed by atoms with van der Waals surface area (Å²) in [5.41, 5.74) is -6.14. The first-order valence-corrected chi connectivity index (χ1v) is 20.7. The van der Waals surface area contributed by atoms with E-state index in [1.165, 1.54) is 6.42 Å². The van der Waals surface area contributed by atoms with Crippen LogP contribution in [0, 0.1) is 62.9 Å². The van der Waals surface area contributed by atoms with Gasteiger partial charge in [0.15, 0.2) is 0 Å². The molecule has 0 saturated heterocycles. The monoisotopic (exact) mass is 866 g/mol. The van der Waals surface area contributed by atoms with Crippen molar-refractivity contribution < 1.29 is 69.8 Å². The quantitative estimate of drug-likeness (QED) is 0.148.